The molecule has 0 saturated carbocycles. The molecule has 1 amide bonds. The van der Waals surface area contributed by atoms with Gasteiger partial charge in [-0.05, 0) is 12.1 Å². The van der Waals surface area contributed by atoms with Crippen LogP contribution < -0.4 is 0 Å². The Hall–Kier alpha value is -2.95. The highest BCUT2D eigenvalue weighted by Crippen LogP contribution is 2.17. The molecule has 3 rings (SSSR count). The van der Waals surface area contributed by atoms with Crippen molar-refractivity contribution in [3.05, 3.63) is 71.3 Å². The second-order valence-electron chi connectivity index (χ2n) is 4.88. The maximum absolute atomic E-state index is 12.7. The van der Waals surface area contributed by atoms with Gasteiger partial charge in [0, 0.05) is 12.1 Å². The molecule has 0 aliphatic carbocycles. The zero-order chi connectivity index (χ0) is 15.5. The van der Waals surface area contributed by atoms with Crippen molar-refractivity contribution in [3.8, 4) is 0 Å². The first-order valence-electron chi connectivity index (χ1n) is 6.92. The number of carbonyl (C=O) groups excluding carboxylic acids is 1. The number of aromatic carboxylic acids is 1. The average molecular weight is 294 g/mol. The molecular formula is C17H14N2O3. The fraction of sp³-hybridized carbons (Fsp3) is 0.118. The number of benzene rings is 2. The number of carboxylic acid groups (broad SMARTS) is 1. The number of amides is 1. The van der Waals surface area contributed by atoms with Gasteiger partial charge >= 0.3 is 5.97 Å². The van der Waals surface area contributed by atoms with E-state index in [1.165, 1.54) is 17.0 Å². The number of hydrogen-bond acceptors (Lipinski definition) is 3. The summed E-state index contributed by atoms with van der Waals surface area (Å²) in [7, 11) is 0. The summed E-state index contributed by atoms with van der Waals surface area (Å²) in [5.74, 6) is -0.856. The zero-order valence-corrected chi connectivity index (χ0v) is 11.8. The summed E-state index contributed by atoms with van der Waals surface area (Å²) in [6.45, 7) is 0.974. The highest BCUT2D eigenvalue weighted by atomic mass is 16.4. The third kappa shape index (κ3) is 2.48. The molecule has 0 radical (unpaired) electrons. The third-order valence-electron chi connectivity index (χ3n) is 3.51. The van der Waals surface area contributed by atoms with Crippen molar-refractivity contribution in [2.75, 3.05) is 13.1 Å². The Morgan fingerprint density at radius 3 is 2.27 bits per heavy atom. The average Bonchev–Trinajstić information content (AvgIpc) is 3.04. The van der Waals surface area contributed by atoms with Crippen LogP contribution in [0.3, 0.4) is 0 Å². The molecule has 0 saturated heterocycles. The van der Waals surface area contributed by atoms with Gasteiger partial charge in [0.1, 0.15) is 5.84 Å². The van der Waals surface area contributed by atoms with Crippen LogP contribution in [0.4, 0.5) is 0 Å². The fourth-order valence-corrected chi connectivity index (χ4v) is 2.48. The molecule has 1 heterocycles. The molecule has 110 valence electrons. The summed E-state index contributed by atoms with van der Waals surface area (Å²) in [5, 5.41) is 9.24. The lowest BCUT2D eigenvalue weighted by Crippen LogP contribution is -2.35. The molecule has 5 heteroatoms. The Morgan fingerprint density at radius 1 is 0.955 bits per heavy atom. The second kappa shape index (κ2) is 5.81. The first-order valence-corrected chi connectivity index (χ1v) is 6.92. The van der Waals surface area contributed by atoms with E-state index in [4.69, 9.17) is 0 Å². The second-order valence-corrected chi connectivity index (χ2v) is 4.88. The molecule has 5 nitrogen and oxygen atoms in total. The minimum atomic E-state index is -1.11. The normalized spacial score (nSPS) is 13.8. The van der Waals surface area contributed by atoms with Crippen LogP contribution in [0.1, 0.15) is 26.3 Å². The first kappa shape index (κ1) is 14.0. The van der Waals surface area contributed by atoms with Crippen molar-refractivity contribution in [3.63, 3.8) is 0 Å². The summed E-state index contributed by atoms with van der Waals surface area (Å²) >= 11 is 0. The Labute approximate surface area is 127 Å². The van der Waals surface area contributed by atoms with Crippen molar-refractivity contribution >= 4 is 17.7 Å². The highest BCUT2D eigenvalue weighted by Gasteiger charge is 2.28. The molecule has 1 aliphatic rings. The first-order chi connectivity index (χ1) is 10.7. The van der Waals surface area contributed by atoms with Crippen LogP contribution in [0.2, 0.25) is 0 Å². The molecule has 0 bridgehead atoms. The van der Waals surface area contributed by atoms with Crippen molar-refractivity contribution in [1.82, 2.24) is 4.90 Å². The summed E-state index contributed by atoms with van der Waals surface area (Å²) in [5.41, 5.74) is 1.04. The molecule has 0 spiro atoms. The Kier molecular flexibility index (Phi) is 3.70. The van der Waals surface area contributed by atoms with Crippen LogP contribution in [-0.2, 0) is 0 Å². The van der Waals surface area contributed by atoms with Gasteiger partial charge in [-0.15, -0.1) is 0 Å². The van der Waals surface area contributed by atoms with E-state index in [0.717, 1.165) is 5.56 Å². The number of rotatable bonds is 3. The van der Waals surface area contributed by atoms with Gasteiger partial charge in [0.15, 0.2) is 0 Å². The summed E-state index contributed by atoms with van der Waals surface area (Å²) in [4.78, 5) is 30.0. The van der Waals surface area contributed by atoms with Gasteiger partial charge in [0.05, 0.1) is 17.7 Å². The van der Waals surface area contributed by atoms with Gasteiger partial charge in [-0.3, -0.25) is 14.7 Å². The summed E-state index contributed by atoms with van der Waals surface area (Å²) in [6, 6.07) is 15.7. The number of carboxylic acids is 1. The lowest BCUT2D eigenvalue weighted by atomic mass is 10.1. The van der Waals surface area contributed by atoms with E-state index in [1.807, 2.05) is 30.3 Å². The summed E-state index contributed by atoms with van der Waals surface area (Å²) < 4.78 is 0. The van der Waals surface area contributed by atoms with Crippen molar-refractivity contribution in [1.29, 1.82) is 0 Å². The van der Waals surface area contributed by atoms with Gasteiger partial charge in [0.25, 0.3) is 5.91 Å². The molecule has 0 aromatic heterocycles. The maximum atomic E-state index is 12.7. The molecule has 0 fully saturated rings. The molecule has 0 atom stereocenters. The Bertz CT molecular complexity index is 754. The standard InChI is InChI=1S/C17H14N2O3/c20-16(13-8-4-5-9-14(13)17(21)22)19-11-10-18-15(19)12-6-2-1-3-7-12/h1-9H,10-11H2,(H,21,22). The van der Waals surface area contributed by atoms with E-state index in [-0.39, 0.29) is 17.0 Å². The van der Waals surface area contributed by atoms with Crippen LogP contribution in [0.25, 0.3) is 0 Å². The van der Waals surface area contributed by atoms with Crippen LogP contribution in [-0.4, -0.2) is 40.8 Å². The zero-order valence-electron chi connectivity index (χ0n) is 11.8. The van der Waals surface area contributed by atoms with E-state index >= 15 is 0 Å². The minimum absolute atomic E-state index is 0.00631. The van der Waals surface area contributed by atoms with Gasteiger partial charge in [-0.1, -0.05) is 42.5 Å². The summed E-state index contributed by atoms with van der Waals surface area (Å²) in [6.07, 6.45) is 0. The molecule has 2 aromatic rings. The van der Waals surface area contributed by atoms with E-state index in [2.05, 4.69) is 4.99 Å². The van der Waals surface area contributed by atoms with E-state index in [9.17, 15) is 14.7 Å². The topological polar surface area (TPSA) is 70.0 Å². The molecule has 0 unspecified atom stereocenters. The van der Waals surface area contributed by atoms with Crippen LogP contribution in [0, 0.1) is 0 Å². The predicted octanol–water partition coefficient (Wildman–Crippen LogP) is 2.29. The molecule has 2 aromatic carbocycles. The minimum Gasteiger partial charge on any atom is -0.478 e. The lowest BCUT2D eigenvalue weighted by molar-refractivity contribution is 0.0687. The van der Waals surface area contributed by atoms with Crippen LogP contribution in [0.15, 0.2) is 59.6 Å². The maximum Gasteiger partial charge on any atom is 0.336 e. The van der Waals surface area contributed by atoms with Crippen LogP contribution in [0.5, 0.6) is 0 Å². The van der Waals surface area contributed by atoms with Gasteiger partial charge in [-0.2, -0.15) is 0 Å². The SMILES string of the molecule is O=C(O)c1ccccc1C(=O)N1CCN=C1c1ccccc1. The number of amidine groups is 1. The number of nitrogens with zero attached hydrogens (tertiary/aromatic N) is 2. The Morgan fingerprint density at radius 2 is 1.59 bits per heavy atom. The molecular weight excluding hydrogens is 280 g/mol. The smallest absolute Gasteiger partial charge is 0.336 e. The number of aliphatic imine (C=N–C) groups is 1. The van der Waals surface area contributed by atoms with Crippen LogP contribution >= 0.6 is 0 Å². The number of hydrogen-bond donors (Lipinski definition) is 1. The molecule has 1 aliphatic heterocycles. The lowest BCUT2D eigenvalue weighted by Gasteiger charge is -2.19. The van der Waals surface area contributed by atoms with Gasteiger partial charge in [-0.25, -0.2) is 4.79 Å². The highest BCUT2D eigenvalue weighted by molar-refractivity contribution is 6.15. The van der Waals surface area contributed by atoms with Gasteiger partial charge in [0.2, 0.25) is 0 Å². The predicted molar refractivity (Wildman–Crippen MR) is 82.3 cm³/mol. The third-order valence-corrected chi connectivity index (χ3v) is 3.51. The fourth-order valence-electron chi connectivity index (χ4n) is 2.48. The largest absolute Gasteiger partial charge is 0.478 e. The number of carbonyl (C=O) groups is 2. The van der Waals surface area contributed by atoms with Gasteiger partial charge < -0.3 is 5.11 Å². The van der Waals surface area contributed by atoms with Crippen molar-refractivity contribution < 1.29 is 14.7 Å². The molecule has 22 heavy (non-hydrogen) atoms. The Balaban J connectivity index is 1.96. The quantitative estimate of drug-likeness (QED) is 0.944. The molecule has 1 N–H and O–H groups in total. The van der Waals surface area contributed by atoms with Crippen molar-refractivity contribution in [2.24, 2.45) is 4.99 Å². The van der Waals surface area contributed by atoms with Crippen molar-refractivity contribution in [2.45, 2.75) is 0 Å². The monoisotopic (exact) mass is 294 g/mol. The van der Waals surface area contributed by atoms with E-state index < -0.39 is 5.97 Å². The van der Waals surface area contributed by atoms with E-state index in [0.29, 0.717) is 18.9 Å². The van der Waals surface area contributed by atoms with E-state index in [1.54, 1.807) is 12.1 Å².